The molecule has 0 aromatic rings. The number of hydrogen-bond acceptors (Lipinski definition) is 2. The molecule has 0 fully saturated rings. The van der Waals surface area contributed by atoms with Gasteiger partial charge in [0.2, 0.25) is 0 Å². The molecule has 0 aliphatic rings. The van der Waals surface area contributed by atoms with Crippen LogP contribution in [-0.4, -0.2) is 12.1 Å². The van der Waals surface area contributed by atoms with Crippen LogP contribution in [0.15, 0.2) is 0 Å². The van der Waals surface area contributed by atoms with E-state index in [0.717, 1.165) is 19.3 Å². The zero-order valence-corrected chi connectivity index (χ0v) is 7.84. The first kappa shape index (κ1) is 10.9. The molecule has 0 heterocycles. The van der Waals surface area contributed by atoms with Crippen LogP contribution in [0, 0.1) is 0 Å². The smallest absolute Gasteiger partial charge is 0.0192 e. The Morgan fingerprint density at radius 1 is 0.909 bits per heavy atom. The Labute approximate surface area is 70.3 Å². The van der Waals surface area contributed by atoms with E-state index in [1.165, 1.54) is 12.8 Å². The molecule has 0 rings (SSSR count). The minimum Gasteiger partial charge on any atom is -0.326 e. The Kier molecular flexibility index (Phi) is 6.57. The Bertz CT molecular complexity index is 83.6. The first-order chi connectivity index (χ1) is 5.22. The third kappa shape index (κ3) is 5.22. The molecule has 0 amide bonds. The van der Waals surface area contributed by atoms with Crippen LogP contribution < -0.4 is 11.5 Å². The first-order valence-corrected chi connectivity index (χ1v) is 4.73. The third-order valence-corrected chi connectivity index (χ3v) is 2.06. The topological polar surface area (TPSA) is 52.0 Å². The van der Waals surface area contributed by atoms with Crippen molar-refractivity contribution in [2.45, 2.75) is 58.0 Å². The predicted octanol–water partition coefficient (Wildman–Crippen LogP) is 1.63. The number of hydrogen-bond donors (Lipinski definition) is 2. The van der Waals surface area contributed by atoms with E-state index < -0.39 is 0 Å². The molecule has 68 valence electrons. The van der Waals surface area contributed by atoms with Crippen molar-refractivity contribution < 1.29 is 0 Å². The Balaban J connectivity index is 3.38. The number of nitrogens with two attached hydrogens (primary N) is 2. The first-order valence-electron chi connectivity index (χ1n) is 4.73. The second kappa shape index (κ2) is 6.62. The minimum atomic E-state index is 0.214. The van der Waals surface area contributed by atoms with Crippen molar-refractivity contribution in [1.29, 1.82) is 0 Å². The Morgan fingerprint density at radius 2 is 1.45 bits per heavy atom. The van der Waals surface area contributed by atoms with Gasteiger partial charge in [-0.2, -0.15) is 0 Å². The maximum atomic E-state index is 5.86. The molecule has 2 nitrogen and oxygen atoms in total. The van der Waals surface area contributed by atoms with Gasteiger partial charge in [-0.15, -0.1) is 0 Å². The minimum absolute atomic E-state index is 0.214. The lowest BCUT2D eigenvalue weighted by Gasteiger charge is -2.18. The highest BCUT2D eigenvalue weighted by Crippen LogP contribution is 2.04. The molecule has 0 unspecified atom stereocenters. The summed E-state index contributed by atoms with van der Waals surface area (Å²) in [6.45, 7) is 4.32. The van der Waals surface area contributed by atoms with Crippen molar-refractivity contribution in [3.05, 3.63) is 0 Å². The summed E-state index contributed by atoms with van der Waals surface area (Å²) in [6, 6.07) is 0.432. The molecule has 0 bridgehead atoms. The number of unbranched alkanes of at least 4 members (excludes halogenated alkanes) is 1. The van der Waals surface area contributed by atoms with E-state index in [0.29, 0.717) is 0 Å². The second-order valence-electron chi connectivity index (χ2n) is 3.26. The van der Waals surface area contributed by atoms with Crippen molar-refractivity contribution in [3.63, 3.8) is 0 Å². The van der Waals surface area contributed by atoms with Crippen molar-refractivity contribution in [2.24, 2.45) is 11.5 Å². The molecule has 2 heteroatoms. The number of rotatable bonds is 6. The van der Waals surface area contributed by atoms with Crippen LogP contribution in [0.5, 0.6) is 0 Å². The normalized spacial score (nSPS) is 16.4. The van der Waals surface area contributed by atoms with Gasteiger partial charge in [-0.25, -0.2) is 0 Å². The zero-order valence-electron chi connectivity index (χ0n) is 7.84. The maximum absolute atomic E-state index is 5.86. The fourth-order valence-electron chi connectivity index (χ4n) is 1.20. The highest BCUT2D eigenvalue weighted by Gasteiger charge is 2.10. The van der Waals surface area contributed by atoms with Gasteiger partial charge in [0.25, 0.3) is 0 Å². The molecule has 11 heavy (non-hydrogen) atoms. The average Bonchev–Trinajstić information content (AvgIpc) is 2.00. The molecular formula is C9H22N2. The molecule has 2 atom stereocenters. The van der Waals surface area contributed by atoms with Crippen LogP contribution in [0.1, 0.15) is 46.0 Å². The van der Waals surface area contributed by atoms with Gasteiger partial charge in [0.15, 0.2) is 0 Å². The van der Waals surface area contributed by atoms with E-state index in [9.17, 15) is 0 Å². The fraction of sp³-hybridized carbons (Fsp3) is 1.00. The van der Waals surface area contributed by atoms with Gasteiger partial charge in [-0.3, -0.25) is 0 Å². The summed E-state index contributed by atoms with van der Waals surface area (Å²) in [6.07, 6.45) is 5.70. The van der Waals surface area contributed by atoms with Gasteiger partial charge in [0.05, 0.1) is 0 Å². The van der Waals surface area contributed by atoms with E-state index in [1.54, 1.807) is 0 Å². The van der Waals surface area contributed by atoms with E-state index in [1.807, 2.05) is 0 Å². The Morgan fingerprint density at radius 3 is 1.91 bits per heavy atom. The maximum Gasteiger partial charge on any atom is 0.0192 e. The summed E-state index contributed by atoms with van der Waals surface area (Å²) < 4.78 is 0. The summed E-state index contributed by atoms with van der Waals surface area (Å²) in [5.41, 5.74) is 11.7. The average molecular weight is 158 g/mol. The molecule has 4 N–H and O–H groups in total. The lowest BCUT2D eigenvalue weighted by atomic mass is 10.00. The monoisotopic (exact) mass is 158 g/mol. The van der Waals surface area contributed by atoms with Crippen LogP contribution >= 0.6 is 0 Å². The van der Waals surface area contributed by atoms with E-state index in [4.69, 9.17) is 11.5 Å². The highest BCUT2D eigenvalue weighted by atomic mass is 14.8. The van der Waals surface area contributed by atoms with Crippen molar-refractivity contribution in [1.82, 2.24) is 0 Å². The Hall–Kier alpha value is -0.0800. The lowest BCUT2D eigenvalue weighted by molar-refractivity contribution is 0.453. The van der Waals surface area contributed by atoms with E-state index in [2.05, 4.69) is 13.8 Å². The van der Waals surface area contributed by atoms with Gasteiger partial charge >= 0.3 is 0 Å². The van der Waals surface area contributed by atoms with Gasteiger partial charge in [0.1, 0.15) is 0 Å². The van der Waals surface area contributed by atoms with Crippen molar-refractivity contribution >= 4 is 0 Å². The molecule has 0 aliphatic heterocycles. The molecule has 0 aromatic heterocycles. The van der Waals surface area contributed by atoms with Crippen molar-refractivity contribution in [3.8, 4) is 0 Å². The van der Waals surface area contributed by atoms with Crippen LogP contribution in [0.3, 0.4) is 0 Å². The van der Waals surface area contributed by atoms with Gasteiger partial charge < -0.3 is 11.5 Å². The zero-order chi connectivity index (χ0) is 8.69. The highest BCUT2D eigenvalue weighted by molar-refractivity contribution is 4.74. The van der Waals surface area contributed by atoms with Crippen molar-refractivity contribution in [2.75, 3.05) is 0 Å². The fourth-order valence-corrected chi connectivity index (χ4v) is 1.20. The predicted molar refractivity (Wildman–Crippen MR) is 50.4 cm³/mol. The molecule has 0 saturated carbocycles. The summed E-state index contributed by atoms with van der Waals surface area (Å²) >= 11 is 0. The third-order valence-electron chi connectivity index (χ3n) is 2.06. The van der Waals surface area contributed by atoms with Crippen LogP contribution in [0.2, 0.25) is 0 Å². The molecule has 0 aliphatic carbocycles. The summed E-state index contributed by atoms with van der Waals surface area (Å²) in [5, 5.41) is 0. The lowest BCUT2D eigenvalue weighted by Crippen LogP contribution is -2.41. The second-order valence-corrected chi connectivity index (χ2v) is 3.26. The SMILES string of the molecule is CCCC[C@H](N)[C@@H](N)CCC. The molecule has 0 radical (unpaired) electrons. The quantitative estimate of drug-likeness (QED) is 0.617. The van der Waals surface area contributed by atoms with Gasteiger partial charge in [0, 0.05) is 12.1 Å². The van der Waals surface area contributed by atoms with Gasteiger partial charge in [-0.1, -0.05) is 33.1 Å². The standard InChI is InChI=1S/C9H22N2/c1-3-5-7-9(11)8(10)6-4-2/h8-9H,3-7,10-11H2,1-2H3/t8-,9-/m0/s1. The van der Waals surface area contributed by atoms with Crippen LogP contribution in [-0.2, 0) is 0 Å². The molecular weight excluding hydrogens is 136 g/mol. The molecule has 0 saturated heterocycles. The van der Waals surface area contributed by atoms with Crippen LogP contribution in [0.4, 0.5) is 0 Å². The van der Waals surface area contributed by atoms with E-state index in [-0.39, 0.29) is 12.1 Å². The summed E-state index contributed by atoms with van der Waals surface area (Å²) in [7, 11) is 0. The molecule has 0 aromatic carbocycles. The van der Waals surface area contributed by atoms with Crippen LogP contribution in [0.25, 0.3) is 0 Å². The largest absolute Gasteiger partial charge is 0.326 e. The summed E-state index contributed by atoms with van der Waals surface area (Å²) in [4.78, 5) is 0. The summed E-state index contributed by atoms with van der Waals surface area (Å²) in [5.74, 6) is 0. The van der Waals surface area contributed by atoms with E-state index >= 15 is 0 Å². The van der Waals surface area contributed by atoms with Gasteiger partial charge in [-0.05, 0) is 12.8 Å². The molecule has 0 spiro atoms.